The summed E-state index contributed by atoms with van der Waals surface area (Å²) in [4.78, 5) is 23.4. The second-order valence-electron chi connectivity index (χ2n) is 6.96. The summed E-state index contributed by atoms with van der Waals surface area (Å²) >= 11 is 0. The molecule has 3 unspecified atom stereocenters. The smallest absolute Gasteiger partial charge is 0.307 e. The molecule has 0 bridgehead atoms. The van der Waals surface area contributed by atoms with Crippen molar-refractivity contribution in [2.75, 3.05) is 0 Å². The van der Waals surface area contributed by atoms with Crippen LogP contribution in [0.2, 0.25) is 0 Å². The summed E-state index contributed by atoms with van der Waals surface area (Å²) in [5.41, 5.74) is 5.52. The topological polar surface area (TPSA) is 92.4 Å². The molecule has 1 rings (SSSR count). The molecule has 4 N–H and O–H groups in total. The van der Waals surface area contributed by atoms with E-state index in [9.17, 15) is 14.7 Å². The molecule has 0 spiro atoms. The van der Waals surface area contributed by atoms with Crippen LogP contribution in [0, 0.1) is 23.2 Å². The number of aliphatic carboxylic acids is 1. The molecule has 20 heavy (non-hydrogen) atoms. The van der Waals surface area contributed by atoms with Gasteiger partial charge in [-0.05, 0) is 30.1 Å². The highest BCUT2D eigenvalue weighted by Gasteiger charge is 2.46. The van der Waals surface area contributed by atoms with Crippen molar-refractivity contribution in [2.45, 2.75) is 59.5 Å². The molecule has 1 saturated carbocycles. The van der Waals surface area contributed by atoms with Crippen LogP contribution in [0.5, 0.6) is 0 Å². The minimum Gasteiger partial charge on any atom is -0.481 e. The first-order valence-corrected chi connectivity index (χ1v) is 7.37. The fourth-order valence-electron chi connectivity index (χ4n) is 3.02. The molecule has 1 fully saturated rings. The van der Waals surface area contributed by atoms with Crippen molar-refractivity contribution >= 4 is 11.9 Å². The van der Waals surface area contributed by atoms with E-state index in [1.807, 2.05) is 34.6 Å². The van der Waals surface area contributed by atoms with Crippen molar-refractivity contribution in [1.29, 1.82) is 0 Å². The third-order valence-corrected chi connectivity index (χ3v) is 5.09. The lowest BCUT2D eigenvalue weighted by Crippen LogP contribution is -2.55. The molecule has 1 aliphatic carbocycles. The number of carboxylic acid groups (broad SMARTS) is 1. The normalized spacial score (nSPS) is 30.9. The van der Waals surface area contributed by atoms with Crippen molar-refractivity contribution < 1.29 is 14.7 Å². The highest BCUT2D eigenvalue weighted by Crippen LogP contribution is 2.45. The fourth-order valence-corrected chi connectivity index (χ4v) is 3.02. The number of nitrogens with two attached hydrogens (primary N) is 1. The van der Waals surface area contributed by atoms with Crippen molar-refractivity contribution in [3.8, 4) is 0 Å². The lowest BCUT2D eigenvalue weighted by atomic mass is 9.61. The third kappa shape index (κ3) is 3.32. The number of hydrogen-bond acceptors (Lipinski definition) is 3. The quantitative estimate of drug-likeness (QED) is 0.731. The molecule has 116 valence electrons. The van der Waals surface area contributed by atoms with Gasteiger partial charge in [0.15, 0.2) is 0 Å². The summed E-state index contributed by atoms with van der Waals surface area (Å²) in [6.07, 6.45) is 1.28. The highest BCUT2D eigenvalue weighted by molar-refractivity contribution is 5.82. The number of nitrogens with one attached hydrogen (secondary N) is 1. The second kappa shape index (κ2) is 6.12. The molecule has 1 aliphatic rings. The minimum absolute atomic E-state index is 0.00194. The minimum atomic E-state index is -0.745. The molecule has 0 aliphatic heterocycles. The Labute approximate surface area is 121 Å². The first-order valence-electron chi connectivity index (χ1n) is 7.37. The first kappa shape index (κ1) is 17.0. The number of amides is 1. The van der Waals surface area contributed by atoms with Crippen LogP contribution in [0.1, 0.15) is 47.5 Å². The molecule has 4 atom stereocenters. The van der Waals surface area contributed by atoms with Gasteiger partial charge in [0.1, 0.15) is 0 Å². The molecule has 0 saturated heterocycles. The number of carbonyl (C=O) groups is 2. The lowest BCUT2D eigenvalue weighted by molar-refractivity contribution is -0.150. The molecule has 5 heteroatoms. The number of hydrogen-bond donors (Lipinski definition) is 3. The first-order chi connectivity index (χ1) is 9.09. The maximum absolute atomic E-state index is 12.1. The van der Waals surface area contributed by atoms with Crippen LogP contribution >= 0.6 is 0 Å². The second-order valence-corrected chi connectivity index (χ2v) is 6.96. The summed E-state index contributed by atoms with van der Waals surface area (Å²) in [7, 11) is 0. The molecule has 0 radical (unpaired) electrons. The molecule has 0 heterocycles. The molecule has 0 aromatic rings. The van der Waals surface area contributed by atoms with E-state index in [2.05, 4.69) is 5.32 Å². The zero-order valence-electron chi connectivity index (χ0n) is 13.1. The van der Waals surface area contributed by atoms with Crippen LogP contribution in [0.25, 0.3) is 0 Å². The summed E-state index contributed by atoms with van der Waals surface area (Å²) in [6.45, 7) is 9.78. The van der Waals surface area contributed by atoms with E-state index in [0.29, 0.717) is 12.8 Å². The van der Waals surface area contributed by atoms with Crippen molar-refractivity contribution in [1.82, 2.24) is 5.32 Å². The SMILES string of the molecule is CC(C)[C@@H](N)C(=O)NC1CCC(C(=O)O)C(C)(C)C1C. The zero-order valence-corrected chi connectivity index (χ0v) is 13.1. The van der Waals surface area contributed by atoms with Crippen LogP contribution in [-0.4, -0.2) is 29.1 Å². The summed E-state index contributed by atoms with van der Waals surface area (Å²) in [5, 5.41) is 12.3. The number of carboxylic acids is 1. The Kier molecular flexibility index (Phi) is 5.19. The van der Waals surface area contributed by atoms with Gasteiger partial charge in [-0.15, -0.1) is 0 Å². The van der Waals surface area contributed by atoms with Gasteiger partial charge >= 0.3 is 5.97 Å². The van der Waals surface area contributed by atoms with Gasteiger partial charge in [0.25, 0.3) is 0 Å². The van der Waals surface area contributed by atoms with Crippen LogP contribution in [0.15, 0.2) is 0 Å². The van der Waals surface area contributed by atoms with Crippen molar-refractivity contribution in [3.63, 3.8) is 0 Å². The average Bonchev–Trinajstić information content (AvgIpc) is 2.33. The Balaban J connectivity index is 2.76. The highest BCUT2D eigenvalue weighted by atomic mass is 16.4. The summed E-state index contributed by atoms with van der Waals surface area (Å²) < 4.78 is 0. The zero-order chi connectivity index (χ0) is 15.7. The van der Waals surface area contributed by atoms with Gasteiger partial charge in [0.2, 0.25) is 5.91 Å². The monoisotopic (exact) mass is 284 g/mol. The number of carbonyl (C=O) groups excluding carboxylic acids is 1. The van der Waals surface area contributed by atoms with Gasteiger partial charge in [-0.1, -0.05) is 34.6 Å². The van der Waals surface area contributed by atoms with Gasteiger partial charge in [0, 0.05) is 6.04 Å². The largest absolute Gasteiger partial charge is 0.481 e. The summed E-state index contributed by atoms with van der Waals surface area (Å²) in [5.74, 6) is -1.05. The Morgan fingerprint density at radius 2 is 1.85 bits per heavy atom. The fraction of sp³-hybridized carbons (Fsp3) is 0.867. The molecule has 0 aromatic carbocycles. The predicted molar refractivity (Wildman–Crippen MR) is 78.0 cm³/mol. The molecule has 1 amide bonds. The lowest BCUT2D eigenvalue weighted by Gasteiger charge is -2.46. The van der Waals surface area contributed by atoms with Crippen LogP contribution in [0.3, 0.4) is 0 Å². The summed E-state index contributed by atoms with van der Waals surface area (Å²) in [6, 6.07) is -0.514. The Morgan fingerprint density at radius 1 is 1.30 bits per heavy atom. The van der Waals surface area contributed by atoms with E-state index in [1.54, 1.807) is 0 Å². The Hall–Kier alpha value is -1.10. The third-order valence-electron chi connectivity index (χ3n) is 5.09. The van der Waals surface area contributed by atoms with E-state index in [4.69, 9.17) is 5.73 Å². The van der Waals surface area contributed by atoms with Crippen molar-refractivity contribution in [3.05, 3.63) is 0 Å². The van der Waals surface area contributed by atoms with E-state index < -0.39 is 12.0 Å². The molecular weight excluding hydrogens is 256 g/mol. The van der Waals surface area contributed by atoms with Gasteiger partial charge in [-0.25, -0.2) is 0 Å². The maximum Gasteiger partial charge on any atom is 0.307 e. The Bertz CT molecular complexity index is 379. The maximum atomic E-state index is 12.1. The number of rotatable bonds is 4. The average molecular weight is 284 g/mol. The molecular formula is C15H28N2O3. The van der Waals surface area contributed by atoms with E-state index in [-0.39, 0.29) is 35.1 Å². The van der Waals surface area contributed by atoms with E-state index >= 15 is 0 Å². The van der Waals surface area contributed by atoms with Gasteiger partial charge in [-0.3, -0.25) is 9.59 Å². The van der Waals surface area contributed by atoms with Crippen LogP contribution in [0.4, 0.5) is 0 Å². The standard InChI is InChI=1S/C15H28N2O3/c1-8(2)12(16)13(18)17-11-7-6-10(14(19)20)15(4,5)9(11)3/h8-12H,6-7,16H2,1-5H3,(H,17,18)(H,19,20)/t9?,10?,11?,12-/m1/s1. The Morgan fingerprint density at radius 3 is 2.30 bits per heavy atom. The van der Waals surface area contributed by atoms with Gasteiger partial charge < -0.3 is 16.2 Å². The van der Waals surface area contributed by atoms with E-state index in [0.717, 1.165) is 0 Å². The molecule has 5 nitrogen and oxygen atoms in total. The van der Waals surface area contributed by atoms with Crippen molar-refractivity contribution in [2.24, 2.45) is 28.9 Å². The van der Waals surface area contributed by atoms with Gasteiger partial charge in [-0.2, -0.15) is 0 Å². The van der Waals surface area contributed by atoms with Crippen LogP contribution < -0.4 is 11.1 Å². The van der Waals surface area contributed by atoms with Crippen LogP contribution in [-0.2, 0) is 9.59 Å². The molecule has 0 aromatic heterocycles. The van der Waals surface area contributed by atoms with Gasteiger partial charge in [0.05, 0.1) is 12.0 Å². The predicted octanol–water partition coefficient (Wildman–Crippen LogP) is 1.61. The van der Waals surface area contributed by atoms with E-state index in [1.165, 1.54) is 0 Å².